The number of hydrogen-bond acceptors (Lipinski definition) is 2. The molecule has 1 aromatic rings. The summed E-state index contributed by atoms with van der Waals surface area (Å²) in [5, 5.41) is 3.82. The van der Waals surface area contributed by atoms with Gasteiger partial charge < -0.3 is 10.2 Å². The molecule has 1 atom stereocenters. The van der Waals surface area contributed by atoms with Gasteiger partial charge in [0.15, 0.2) is 0 Å². The van der Waals surface area contributed by atoms with Crippen LogP contribution in [-0.4, -0.2) is 28.8 Å². The van der Waals surface area contributed by atoms with E-state index in [4.69, 9.17) is 11.6 Å². The van der Waals surface area contributed by atoms with Crippen molar-refractivity contribution in [3.05, 3.63) is 34.9 Å². The smallest absolute Gasteiger partial charge is 0.243 e. The summed E-state index contributed by atoms with van der Waals surface area (Å²) in [5.41, 5.74) is 0.987. The Morgan fingerprint density at radius 3 is 2.40 bits per heavy atom. The lowest BCUT2D eigenvalue weighted by Crippen LogP contribution is -2.50. The van der Waals surface area contributed by atoms with E-state index in [1.165, 1.54) is 12.8 Å². The van der Waals surface area contributed by atoms with Crippen LogP contribution in [0.15, 0.2) is 24.3 Å². The molecule has 4 nitrogen and oxygen atoms in total. The van der Waals surface area contributed by atoms with Crippen molar-refractivity contribution in [2.24, 2.45) is 0 Å². The van der Waals surface area contributed by atoms with Gasteiger partial charge in [0.1, 0.15) is 6.04 Å². The summed E-state index contributed by atoms with van der Waals surface area (Å²) < 4.78 is 0. The molecular formula is C20H29ClN2O2. The molecule has 138 valence electrons. The van der Waals surface area contributed by atoms with E-state index >= 15 is 0 Å². The molecule has 1 aliphatic rings. The van der Waals surface area contributed by atoms with Crippen molar-refractivity contribution in [2.75, 3.05) is 0 Å². The minimum absolute atomic E-state index is 0.0205. The van der Waals surface area contributed by atoms with Gasteiger partial charge in [-0.25, -0.2) is 0 Å². The Morgan fingerprint density at radius 2 is 1.84 bits per heavy atom. The van der Waals surface area contributed by atoms with Crippen molar-refractivity contribution in [1.29, 1.82) is 0 Å². The van der Waals surface area contributed by atoms with Gasteiger partial charge >= 0.3 is 0 Å². The lowest BCUT2D eigenvalue weighted by molar-refractivity contribution is -0.141. The van der Waals surface area contributed by atoms with E-state index in [1.54, 1.807) is 4.90 Å². The van der Waals surface area contributed by atoms with Gasteiger partial charge in [-0.3, -0.25) is 9.59 Å². The molecule has 0 radical (unpaired) electrons. The quantitative estimate of drug-likeness (QED) is 0.747. The minimum atomic E-state index is -0.421. The van der Waals surface area contributed by atoms with E-state index in [-0.39, 0.29) is 17.9 Å². The van der Waals surface area contributed by atoms with Crippen molar-refractivity contribution in [3.63, 3.8) is 0 Å². The first-order valence-corrected chi connectivity index (χ1v) is 9.77. The molecule has 1 aromatic carbocycles. The lowest BCUT2D eigenvalue weighted by Gasteiger charge is -2.31. The van der Waals surface area contributed by atoms with Gasteiger partial charge in [-0.15, -0.1) is 0 Å². The Balaban J connectivity index is 2.13. The number of rotatable bonds is 8. The Kier molecular flexibility index (Phi) is 7.76. The highest BCUT2D eigenvalue weighted by molar-refractivity contribution is 6.30. The molecular weight excluding hydrogens is 336 g/mol. The maximum Gasteiger partial charge on any atom is 0.243 e. The molecule has 0 saturated heterocycles. The van der Waals surface area contributed by atoms with Crippen LogP contribution in [0.1, 0.15) is 64.4 Å². The van der Waals surface area contributed by atoms with Crippen molar-refractivity contribution in [3.8, 4) is 0 Å². The first-order valence-electron chi connectivity index (χ1n) is 9.39. The highest BCUT2D eigenvalue weighted by atomic mass is 35.5. The number of carbonyl (C=O) groups excluding carboxylic acids is 2. The van der Waals surface area contributed by atoms with Crippen LogP contribution < -0.4 is 5.32 Å². The summed E-state index contributed by atoms with van der Waals surface area (Å²) in [7, 11) is 0. The fraction of sp³-hybridized carbons (Fsp3) is 0.600. The number of carbonyl (C=O) groups is 2. The van der Waals surface area contributed by atoms with E-state index in [9.17, 15) is 9.59 Å². The fourth-order valence-corrected chi connectivity index (χ4v) is 3.56. The molecule has 1 N–H and O–H groups in total. The molecule has 0 bridgehead atoms. The highest BCUT2D eigenvalue weighted by Crippen LogP contribution is 2.20. The molecule has 1 unspecified atom stereocenters. The molecule has 5 heteroatoms. The molecule has 25 heavy (non-hydrogen) atoms. The number of halogens is 1. The Hall–Kier alpha value is -1.55. The molecule has 2 rings (SSSR count). The van der Waals surface area contributed by atoms with Crippen LogP contribution in [0.2, 0.25) is 5.02 Å². The molecule has 2 amide bonds. The Labute approximate surface area is 155 Å². The molecule has 1 aliphatic carbocycles. The van der Waals surface area contributed by atoms with E-state index in [1.807, 2.05) is 38.1 Å². The van der Waals surface area contributed by atoms with Gasteiger partial charge in [-0.05, 0) is 43.4 Å². The van der Waals surface area contributed by atoms with Gasteiger partial charge in [-0.1, -0.05) is 50.4 Å². The number of amides is 2. The average molecular weight is 365 g/mol. The van der Waals surface area contributed by atoms with Crippen molar-refractivity contribution >= 4 is 23.4 Å². The van der Waals surface area contributed by atoms with Crippen LogP contribution >= 0.6 is 11.6 Å². The molecule has 0 spiro atoms. The summed E-state index contributed by atoms with van der Waals surface area (Å²) >= 11 is 5.95. The van der Waals surface area contributed by atoms with E-state index in [2.05, 4.69) is 5.32 Å². The second-order valence-corrected chi connectivity index (χ2v) is 7.25. The average Bonchev–Trinajstić information content (AvgIpc) is 3.09. The van der Waals surface area contributed by atoms with Crippen LogP contribution in [0, 0.1) is 0 Å². The van der Waals surface area contributed by atoms with Gasteiger partial charge in [0, 0.05) is 24.0 Å². The Bertz CT molecular complexity index is 568. The SMILES string of the molecule is CCCC(=O)N(Cc1ccc(Cl)cc1)C(CC)C(=O)NC1CCCC1. The second-order valence-electron chi connectivity index (χ2n) is 6.81. The van der Waals surface area contributed by atoms with Gasteiger partial charge in [0.05, 0.1) is 0 Å². The summed E-state index contributed by atoms with van der Waals surface area (Å²) in [4.78, 5) is 27.2. The molecule has 0 aliphatic heterocycles. The molecule has 0 heterocycles. The third-order valence-electron chi connectivity index (χ3n) is 4.82. The predicted molar refractivity (Wildman–Crippen MR) is 101 cm³/mol. The third-order valence-corrected chi connectivity index (χ3v) is 5.07. The Morgan fingerprint density at radius 1 is 1.20 bits per heavy atom. The maximum atomic E-state index is 12.8. The van der Waals surface area contributed by atoms with Crippen LogP contribution in [0.3, 0.4) is 0 Å². The van der Waals surface area contributed by atoms with Crippen LogP contribution in [-0.2, 0) is 16.1 Å². The first-order chi connectivity index (χ1) is 12.0. The monoisotopic (exact) mass is 364 g/mol. The topological polar surface area (TPSA) is 49.4 Å². The van der Waals surface area contributed by atoms with Crippen molar-refractivity contribution in [2.45, 2.75) is 77.4 Å². The molecule has 0 aromatic heterocycles. The van der Waals surface area contributed by atoms with Crippen LogP contribution in [0.25, 0.3) is 0 Å². The number of benzene rings is 1. The standard InChI is InChI=1S/C20H29ClN2O2/c1-3-7-19(24)23(14-15-10-12-16(21)13-11-15)18(4-2)20(25)22-17-8-5-6-9-17/h10-13,17-18H,3-9,14H2,1-2H3,(H,22,25). The first kappa shape index (κ1) is 19.8. The van der Waals surface area contributed by atoms with E-state index in [0.29, 0.717) is 24.4 Å². The van der Waals surface area contributed by atoms with E-state index in [0.717, 1.165) is 24.8 Å². The van der Waals surface area contributed by atoms with Crippen LogP contribution in [0.5, 0.6) is 0 Å². The lowest BCUT2D eigenvalue weighted by atomic mass is 10.1. The van der Waals surface area contributed by atoms with Gasteiger partial charge in [0.25, 0.3) is 0 Å². The zero-order chi connectivity index (χ0) is 18.2. The van der Waals surface area contributed by atoms with Crippen LogP contribution in [0.4, 0.5) is 0 Å². The van der Waals surface area contributed by atoms with Crippen molar-refractivity contribution in [1.82, 2.24) is 10.2 Å². The number of hydrogen-bond donors (Lipinski definition) is 1. The highest BCUT2D eigenvalue weighted by Gasteiger charge is 2.30. The summed E-state index contributed by atoms with van der Waals surface area (Å²) in [6.45, 7) is 4.39. The van der Waals surface area contributed by atoms with Gasteiger partial charge in [-0.2, -0.15) is 0 Å². The zero-order valence-electron chi connectivity index (χ0n) is 15.3. The van der Waals surface area contributed by atoms with Crippen molar-refractivity contribution < 1.29 is 9.59 Å². The fourth-order valence-electron chi connectivity index (χ4n) is 3.43. The largest absolute Gasteiger partial charge is 0.352 e. The second kappa shape index (κ2) is 9.81. The normalized spacial score (nSPS) is 15.8. The summed E-state index contributed by atoms with van der Waals surface area (Å²) in [6.07, 6.45) is 6.28. The maximum absolute atomic E-state index is 12.8. The van der Waals surface area contributed by atoms with Gasteiger partial charge in [0.2, 0.25) is 11.8 Å². The number of nitrogens with one attached hydrogen (secondary N) is 1. The molecule has 1 saturated carbocycles. The summed E-state index contributed by atoms with van der Waals surface area (Å²) in [5.74, 6) is 0.0127. The zero-order valence-corrected chi connectivity index (χ0v) is 16.0. The number of nitrogens with zero attached hydrogens (tertiary/aromatic N) is 1. The predicted octanol–water partition coefficient (Wildman–Crippen LogP) is 4.31. The van der Waals surface area contributed by atoms with E-state index < -0.39 is 6.04 Å². The minimum Gasteiger partial charge on any atom is -0.352 e. The molecule has 1 fully saturated rings. The third kappa shape index (κ3) is 5.74. The summed E-state index contributed by atoms with van der Waals surface area (Å²) in [6, 6.07) is 7.31.